The van der Waals surface area contributed by atoms with Crippen LogP contribution in [0.1, 0.15) is 64.0 Å². The zero-order chi connectivity index (χ0) is 27.8. The van der Waals surface area contributed by atoms with Crippen molar-refractivity contribution in [2.75, 3.05) is 5.32 Å². The molecular formula is C27H28ClFN4O5. The standard InChI is InChI=1S/C27H28ClFN4O5/c1-6-8-22(34)36-16(4)25(31-19-12-13-20(30-5)24(28)15(19)3)27-33-32-26(38-27)17-10-11-18(29)21(14-17)37-23(35)9-7-2/h10-14,16,25,31H,6-9H2,1-4H3/t16-,25-/m1/s1. The molecule has 0 amide bonds. The van der Waals surface area contributed by atoms with Crippen molar-refractivity contribution in [3.8, 4) is 17.2 Å². The molecule has 200 valence electrons. The molecule has 0 unspecified atom stereocenters. The Morgan fingerprint density at radius 3 is 2.55 bits per heavy atom. The first kappa shape index (κ1) is 28.6. The first-order valence-electron chi connectivity index (χ1n) is 12.1. The van der Waals surface area contributed by atoms with E-state index in [1.54, 1.807) is 26.0 Å². The number of halogens is 2. The third-order valence-electron chi connectivity index (χ3n) is 5.60. The molecule has 0 saturated carbocycles. The lowest BCUT2D eigenvalue weighted by molar-refractivity contribution is -0.149. The number of carbonyl (C=O) groups is 2. The normalized spacial score (nSPS) is 12.3. The summed E-state index contributed by atoms with van der Waals surface area (Å²) in [5.41, 5.74) is 1.84. The lowest BCUT2D eigenvalue weighted by Gasteiger charge is -2.24. The van der Waals surface area contributed by atoms with Crippen molar-refractivity contribution in [2.45, 2.75) is 65.5 Å². The number of nitrogens with zero attached hydrogens (tertiary/aromatic N) is 3. The maximum Gasteiger partial charge on any atom is 0.311 e. The van der Waals surface area contributed by atoms with Gasteiger partial charge in [0, 0.05) is 24.1 Å². The van der Waals surface area contributed by atoms with E-state index in [0.29, 0.717) is 40.4 Å². The minimum atomic E-state index is -0.784. The van der Waals surface area contributed by atoms with E-state index in [4.69, 9.17) is 32.1 Å². The average Bonchev–Trinajstić information content (AvgIpc) is 3.36. The van der Waals surface area contributed by atoms with Gasteiger partial charge in [-0.2, -0.15) is 0 Å². The van der Waals surface area contributed by atoms with Gasteiger partial charge >= 0.3 is 11.9 Å². The molecule has 0 saturated heterocycles. The molecule has 1 N–H and O–H groups in total. The largest absolute Gasteiger partial charge is 0.460 e. The number of ether oxygens (including phenoxy) is 2. The van der Waals surface area contributed by atoms with E-state index in [1.165, 1.54) is 12.1 Å². The highest BCUT2D eigenvalue weighted by Crippen LogP contribution is 2.36. The van der Waals surface area contributed by atoms with E-state index in [-0.39, 0.29) is 36.3 Å². The molecule has 2 aromatic carbocycles. The van der Waals surface area contributed by atoms with E-state index < -0.39 is 23.9 Å². The van der Waals surface area contributed by atoms with Gasteiger partial charge in [-0.25, -0.2) is 9.24 Å². The predicted molar refractivity (Wildman–Crippen MR) is 140 cm³/mol. The zero-order valence-corrected chi connectivity index (χ0v) is 22.3. The van der Waals surface area contributed by atoms with Crippen molar-refractivity contribution in [1.82, 2.24) is 10.2 Å². The Morgan fingerprint density at radius 2 is 1.87 bits per heavy atom. The maximum absolute atomic E-state index is 14.2. The number of aromatic nitrogens is 2. The maximum atomic E-state index is 14.2. The van der Waals surface area contributed by atoms with Crippen LogP contribution in [0.25, 0.3) is 16.3 Å². The van der Waals surface area contributed by atoms with Crippen molar-refractivity contribution in [3.63, 3.8) is 0 Å². The third kappa shape index (κ3) is 6.86. The van der Waals surface area contributed by atoms with Gasteiger partial charge in [0.2, 0.25) is 17.5 Å². The van der Waals surface area contributed by atoms with Crippen molar-refractivity contribution >= 4 is 34.9 Å². The summed E-state index contributed by atoms with van der Waals surface area (Å²) in [5.74, 6) is -1.76. The minimum Gasteiger partial charge on any atom is -0.460 e. The second-order valence-electron chi connectivity index (χ2n) is 8.56. The van der Waals surface area contributed by atoms with Crippen molar-refractivity contribution < 1.29 is 27.9 Å². The molecule has 9 nitrogen and oxygen atoms in total. The summed E-state index contributed by atoms with van der Waals surface area (Å²) in [4.78, 5) is 27.5. The van der Waals surface area contributed by atoms with E-state index in [0.717, 1.165) is 6.07 Å². The van der Waals surface area contributed by atoms with Gasteiger partial charge in [0.15, 0.2) is 11.6 Å². The first-order valence-corrected chi connectivity index (χ1v) is 12.5. The Morgan fingerprint density at radius 1 is 1.16 bits per heavy atom. The molecule has 0 spiro atoms. The summed E-state index contributed by atoms with van der Waals surface area (Å²) in [7, 11) is 0. The molecule has 11 heteroatoms. The Bertz CT molecular complexity index is 1350. The van der Waals surface area contributed by atoms with E-state index >= 15 is 0 Å². The highest BCUT2D eigenvalue weighted by molar-refractivity contribution is 6.34. The summed E-state index contributed by atoms with van der Waals surface area (Å²) in [6.45, 7) is 14.4. The molecule has 0 fully saturated rings. The Balaban J connectivity index is 1.95. The molecule has 0 bridgehead atoms. The van der Waals surface area contributed by atoms with E-state index in [1.807, 2.05) is 13.8 Å². The molecule has 1 heterocycles. The molecule has 0 radical (unpaired) electrons. The van der Waals surface area contributed by atoms with Crippen molar-refractivity contribution in [2.24, 2.45) is 0 Å². The van der Waals surface area contributed by atoms with Gasteiger partial charge in [0.25, 0.3) is 0 Å². The lowest BCUT2D eigenvalue weighted by Crippen LogP contribution is -2.28. The molecule has 38 heavy (non-hydrogen) atoms. The fraction of sp³-hybridized carbons (Fsp3) is 0.370. The molecule has 1 aromatic heterocycles. The number of hydrogen-bond donors (Lipinski definition) is 1. The summed E-state index contributed by atoms with van der Waals surface area (Å²) in [6.07, 6.45) is 0.840. The van der Waals surface area contributed by atoms with Crippen LogP contribution in [-0.4, -0.2) is 28.2 Å². The number of rotatable bonds is 11. The van der Waals surface area contributed by atoms with Crippen LogP contribution in [0.4, 0.5) is 15.8 Å². The van der Waals surface area contributed by atoms with Crippen LogP contribution in [0.15, 0.2) is 34.7 Å². The van der Waals surface area contributed by atoms with E-state index in [2.05, 4.69) is 20.4 Å². The van der Waals surface area contributed by atoms with Gasteiger partial charge in [0.05, 0.1) is 11.6 Å². The second-order valence-corrected chi connectivity index (χ2v) is 8.94. The molecule has 2 atom stereocenters. The van der Waals surface area contributed by atoms with Gasteiger partial charge in [-0.05, 0) is 56.5 Å². The van der Waals surface area contributed by atoms with Gasteiger partial charge < -0.3 is 19.2 Å². The number of anilines is 1. The smallest absolute Gasteiger partial charge is 0.311 e. The zero-order valence-electron chi connectivity index (χ0n) is 21.5. The first-order chi connectivity index (χ1) is 18.2. The highest BCUT2D eigenvalue weighted by atomic mass is 35.5. The summed E-state index contributed by atoms with van der Waals surface area (Å²) < 4.78 is 30.9. The Labute approximate surface area is 225 Å². The molecule has 0 aliphatic carbocycles. The predicted octanol–water partition coefficient (Wildman–Crippen LogP) is 6.98. The summed E-state index contributed by atoms with van der Waals surface area (Å²) in [6, 6.07) is 6.35. The van der Waals surface area contributed by atoms with Crippen LogP contribution in [0.3, 0.4) is 0 Å². The number of carbonyl (C=O) groups excluding carboxylic acids is 2. The van der Waals surface area contributed by atoms with Gasteiger partial charge in [-0.1, -0.05) is 31.5 Å². The van der Waals surface area contributed by atoms with Crippen LogP contribution >= 0.6 is 11.6 Å². The fourth-order valence-corrected chi connectivity index (χ4v) is 3.78. The van der Waals surface area contributed by atoms with Crippen LogP contribution in [-0.2, 0) is 14.3 Å². The van der Waals surface area contributed by atoms with Crippen molar-refractivity contribution in [1.29, 1.82) is 0 Å². The number of nitrogens with one attached hydrogen (secondary N) is 1. The molecular weight excluding hydrogens is 515 g/mol. The van der Waals surface area contributed by atoms with E-state index in [9.17, 15) is 14.0 Å². The van der Waals surface area contributed by atoms with Crippen LogP contribution < -0.4 is 10.1 Å². The average molecular weight is 543 g/mol. The van der Waals surface area contributed by atoms with Gasteiger partial charge in [-0.3, -0.25) is 9.59 Å². The van der Waals surface area contributed by atoms with Crippen LogP contribution in [0.2, 0.25) is 5.02 Å². The number of benzene rings is 2. The van der Waals surface area contributed by atoms with Gasteiger partial charge in [-0.15, -0.1) is 10.2 Å². The lowest BCUT2D eigenvalue weighted by atomic mass is 10.1. The molecule has 3 aromatic rings. The van der Waals surface area contributed by atoms with Crippen LogP contribution in [0.5, 0.6) is 5.75 Å². The number of esters is 2. The van der Waals surface area contributed by atoms with Crippen molar-refractivity contribution in [3.05, 3.63) is 64.0 Å². The minimum absolute atomic E-state index is 0.0461. The summed E-state index contributed by atoms with van der Waals surface area (Å²) in [5, 5.41) is 11.7. The third-order valence-corrected chi connectivity index (χ3v) is 6.08. The monoisotopic (exact) mass is 542 g/mol. The topological polar surface area (TPSA) is 108 Å². The quantitative estimate of drug-likeness (QED) is 0.157. The fourth-order valence-electron chi connectivity index (χ4n) is 3.57. The molecule has 0 aliphatic rings. The second kappa shape index (κ2) is 13.0. The Kier molecular flexibility index (Phi) is 9.79. The summed E-state index contributed by atoms with van der Waals surface area (Å²) >= 11 is 6.34. The van der Waals surface area contributed by atoms with Gasteiger partial charge in [0.1, 0.15) is 12.1 Å². The molecule has 3 rings (SSSR count). The highest BCUT2D eigenvalue weighted by Gasteiger charge is 2.29. The van der Waals surface area contributed by atoms with Crippen LogP contribution in [0, 0.1) is 19.3 Å². The number of hydrogen-bond acceptors (Lipinski definition) is 8. The molecule has 0 aliphatic heterocycles. The SMILES string of the molecule is [C-]#[N+]c1ccc(N[C@@H](c2nnc(-c3ccc(F)c(OC(=O)CCC)c3)o2)[C@@H](C)OC(=O)CCC)c(C)c1Cl. The Hall–Kier alpha value is -3.97.